The molecule has 0 atom stereocenters. The van der Waals surface area contributed by atoms with Gasteiger partial charge in [-0.1, -0.05) is 12.1 Å². The van der Waals surface area contributed by atoms with Crippen molar-refractivity contribution < 1.29 is 27.5 Å². The molecule has 0 aliphatic carbocycles. The van der Waals surface area contributed by atoms with Crippen LogP contribution in [0.4, 0.5) is 13.2 Å². The Hall–Kier alpha value is -2.31. The van der Waals surface area contributed by atoms with Crippen LogP contribution in [0.5, 0.6) is 0 Å². The van der Waals surface area contributed by atoms with Gasteiger partial charge in [0, 0.05) is 5.56 Å². The van der Waals surface area contributed by atoms with E-state index in [-0.39, 0.29) is 11.3 Å². The van der Waals surface area contributed by atoms with Gasteiger partial charge in [0.25, 0.3) is 0 Å². The standard InChI is InChI=1S/C11H6F3NO3/c12-11(13,14)7-3-1-2-6(4-7)9-8(10(16)17)15-5-18-9/h1-5H,(H,16,17)/p-1. The summed E-state index contributed by atoms with van der Waals surface area (Å²) in [6.07, 6.45) is -3.68. The van der Waals surface area contributed by atoms with Crippen molar-refractivity contribution in [1.29, 1.82) is 0 Å². The molecule has 18 heavy (non-hydrogen) atoms. The van der Waals surface area contributed by atoms with Gasteiger partial charge in [-0.2, -0.15) is 13.2 Å². The van der Waals surface area contributed by atoms with E-state index in [1.165, 1.54) is 6.07 Å². The fourth-order valence-corrected chi connectivity index (χ4v) is 1.43. The molecule has 0 radical (unpaired) electrons. The molecule has 0 saturated carbocycles. The molecule has 0 aliphatic rings. The Labute approximate surface area is 98.7 Å². The third kappa shape index (κ3) is 2.20. The lowest BCUT2D eigenvalue weighted by molar-refractivity contribution is -0.255. The van der Waals surface area contributed by atoms with Crippen molar-refractivity contribution >= 4 is 5.97 Å². The second-order valence-electron chi connectivity index (χ2n) is 3.40. The molecule has 7 heteroatoms. The van der Waals surface area contributed by atoms with Gasteiger partial charge in [-0.05, 0) is 12.1 Å². The summed E-state index contributed by atoms with van der Waals surface area (Å²) in [6, 6.07) is 4.10. The number of carboxylic acid groups (broad SMARTS) is 1. The number of alkyl halides is 3. The summed E-state index contributed by atoms with van der Waals surface area (Å²) in [5.74, 6) is -1.88. The maximum absolute atomic E-state index is 12.5. The molecular formula is C11H5F3NO3-. The summed E-state index contributed by atoms with van der Waals surface area (Å²) in [5, 5.41) is 10.7. The number of oxazole rings is 1. The highest BCUT2D eigenvalue weighted by atomic mass is 19.4. The molecule has 0 aliphatic heterocycles. The first-order valence-corrected chi connectivity index (χ1v) is 4.72. The van der Waals surface area contributed by atoms with E-state index < -0.39 is 23.4 Å². The lowest BCUT2D eigenvalue weighted by Gasteiger charge is -2.08. The van der Waals surface area contributed by atoms with Gasteiger partial charge in [0.15, 0.2) is 12.2 Å². The van der Waals surface area contributed by atoms with Gasteiger partial charge >= 0.3 is 6.18 Å². The van der Waals surface area contributed by atoms with E-state index in [4.69, 9.17) is 4.42 Å². The summed E-state index contributed by atoms with van der Waals surface area (Å²) in [6.45, 7) is 0. The Morgan fingerprint density at radius 1 is 1.33 bits per heavy atom. The van der Waals surface area contributed by atoms with Gasteiger partial charge in [-0.15, -0.1) is 0 Å². The van der Waals surface area contributed by atoms with E-state index in [9.17, 15) is 23.1 Å². The fraction of sp³-hybridized carbons (Fsp3) is 0.0909. The number of hydrogen-bond acceptors (Lipinski definition) is 4. The molecular weight excluding hydrogens is 251 g/mol. The van der Waals surface area contributed by atoms with Gasteiger partial charge < -0.3 is 14.3 Å². The number of carbonyl (C=O) groups excluding carboxylic acids is 1. The van der Waals surface area contributed by atoms with Crippen LogP contribution in [0.2, 0.25) is 0 Å². The zero-order valence-electron chi connectivity index (χ0n) is 8.69. The number of aromatic nitrogens is 1. The Bertz CT molecular complexity index is 589. The van der Waals surface area contributed by atoms with Crippen molar-refractivity contribution in [2.45, 2.75) is 6.18 Å². The minimum Gasteiger partial charge on any atom is -0.543 e. The van der Waals surface area contributed by atoms with E-state index >= 15 is 0 Å². The highest BCUT2D eigenvalue weighted by molar-refractivity contribution is 5.90. The van der Waals surface area contributed by atoms with Crippen LogP contribution in [0, 0.1) is 0 Å². The Balaban J connectivity index is 2.52. The average molecular weight is 256 g/mol. The lowest BCUT2D eigenvalue weighted by atomic mass is 10.1. The first kappa shape index (κ1) is 12.2. The molecule has 2 rings (SSSR count). The van der Waals surface area contributed by atoms with Gasteiger partial charge in [0.1, 0.15) is 5.69 Å². The van der Waals surface area contributed by atoms with Crippen LogP contribution in [0.25, 0.3) is 11.3 Å². The second kappa shape index (κ2) is 4.17. The van der Waals surface area contributed by atoms with Crippen LogP contribution in [0.1, 0.15) is 16.1 Å². The van der Waals surface area contributed by atoms with Crippen LogP contribution in [-0.4, -0.2) is 11.0 Å². The number of halogens is 3. The fourth-order valence-electron chi connectivity index (χ4n) is 1.43. The van der Waals surface area contributed by atoms with Crippen LogP contribution < -0.4 is 5.11 Å². The Morgan fingerprint density at radius 2 is 2.06 bits per heavy atom. The van der Waals surface area contributed by atoms with E-state index in [1.54, 1.807) is 0 Å². The molecule has 4 nitrogen and oxygen atoms in total. The Morgan fingerprint density at radius 3 is 2.67 bits per heavy atom. The molecule has 0 amide bonds. The zero-order chi connectivity index (χ0) is 13.3. The number of carboxylic acids is 1. The minimum absolute atomic E-state index is 0.0264. The van der Waals surface area contributed by atoms with E-state index in [2.05, 4.69) is 4.98 Å². The van der Waals surface area contributed by atoms with Crippen molar-refractivity contribution in [2.75, 3.05) is 0 Å². The van der Waals surface area contributed by atoms with Crippen LogP contribution >= 0.6 is 0 Å². The molecule has 2 aromatic rings. The van der Waals surface area contributed by atoms with E-state index in [0.29, 0.717) is 0 Å². The van der Waals surface area contributed by atoms with Gasteiger partial charge in [-0.3, -0.25) is 0 Å². The van der Waals surface area contributed by atoms with Crippen molar-refractivity contribution in [3.05, 3.63) is 41.9 Å². The summed E-state index contributed by atoms with van der Waals surface area (Å²) >= 11 is 0. The van der Waals surface area contributed by atoms with Crippen LogP contribution in [0.15, 0.2) is 35.1 Å². The largest absolute Gasteiger partial charge is 0.543 e. The van der Waals surface area contributed by atoms with Crippen molar-refractivity contribution in [1.82, 2.24) is 4.98 Å². The monoisotopic (exact) mass is 256 g/mol. The van der Waals surface area contributed by atoms with Crippen LogP contribution in [0.3, 0.4) is 0 Å². The predicted octanol–water partition coefficient (Wildman–Crippen LogP) is 1.72. The highest BCUT2D eigenvalue weighted by Gasteiger charge is 2.30. The SMILES string of the molecule is O=C([O-])c1ncoc1-c1cccc(C(F)(F)F)c1. The number of aromatic carboxylic acids is 1. The molecule has 0 spiro atoms. The number of rotatable bonds is 2. The quantitative estimate of drug-likeness (QED) is 0.820. The number of carbonyl (C=O) groups is 1. The molecule has 0 unspecified atom stereocenters. The summed E-state index contributed by atoms with van der Waals surface area (Å²) in [4.78, 5) is 14.1. The summed E-state index contributed by atoms with van der Waals surface area (Å²) in [7, 11) is 0. The van der Waals surface area contributed by atoms with Gasteiger partial charge in [0.2, 0.25) is 0 Å². The second-order valence-corrected chi connectivity index (χ2v) is 3.40. The smallest absolute Gasteiger partial charge is 0.416 e. The third-order valence-electron chi connectivity index (χ3n) is 2.21. The predicted molar refractivity (Wildman–Crippen MR) is 51.3 cm³/mol. The van der Waals surface area contributed by atoms with E-state index in [1.807, 2.05) is 0 Å². The molecule has 94 valence electrons. The van der Waals surface area contributed by atoms with Gasteiger partial charge in [0.05, 0.1) is 11.5 Å². The van der Waals surface area contributed by atoms with E-state index in [0.717, 1.165) is 24.6 Å². The lowest BCUT2D eigenvalue weighted by Crippen LogP contribution is -2.23. The zero-order valence-corrected chi connectivity index (χ0v) is 8.69. The summed E-state index contributed by atoms with van der Waals surface area (Å²) < 4.78 is 42.3. The maximum Gasteiger partial charge on any atom is 0.416 e. The van der Waals surface area contributed by atoms with Crippen molar-refractivity contribution in [3.8, 4) is 11.3 Å². The third-order valence-corrected chi connectivity index (χ3v) is 2.21. The van der Waals surface area contributed by atoms with Crippen molar-refractivity contribution in [3.63, 3.8) is 0 Å². The first-order valence-electron chi connectivity index (χ1n) is 4.72. The van der Waals surface area contributed by atoms with Crippen LogP contribution in [-0.2, 0) is 6.18 Å². The average Bonchev–Trinajstić information content (AvgIpc) is 2.77. The number of nitrogens with zero attached hydrogens (tertiary/aromatic N) is 1. The summed E-state index contributed by atoms with van der Waals surface area (Å²) in [5.41, 5.74) is -1.46. The molecule has 1 heterocycles. The molecule has 0 fully saturated rings. The van der Waals surface area contributed by atoms with Crippen molar-refractivity contribution in [2.24, 2.45) is 0 Å². The maximum atomic E-state index is 12.5. The molecule has 0 saturated heterocycles. The molecule has 1 aromatic carbocycles. The first-order chi connectivity index (χ1) is 8.39. The topological polar surface area (TPSA) is 66.2 Å². The number of hydrogen-bond donors (Lipinski definition) is 0. The Kier molecular flexibility index (Phi) is 2.82. The molecule has 1 aromatic heterocycles. The normalized spacial score (nSPS) is 11.5. The number of benzene rings is 1. The molecule has 0 N–H and O–H groups in total. The minimum atomic E-state index is -4.52. The van der Waals surface area contributed by atoms with Gasteiger partial charge in [-0.25, -0.2) is 4.98 Å². The molecule has 0 bridgehead atoms. The highest BCUT2D eigenvalue weighted by Crippen LogP contribution is 2.32.